The van der Waals surface area contributed by atoms with Gasteiger partial charge in [-0.25, -0.2) is 0 Å². The Morgan fingerprint density at radius 2 is 1.53 bits per heavy atom. The molecule has 4 fully saturated rings. The van der Waals surface area contributed by atoms with Crippen molar-refractivity contribution in [1.29, 1.82) is 0 Å². The SMILES string of the molecule is CC12CC3CC(C)(C1)CC(CC(N)C(C)(C)C)(C3)C2. The van der Waals surface area contributed by atoms with Gasteiger partial charge in [0, 0.05) is 6.04 Å². The summed E-state index contributed by atoms with van der Waals surface area (Å²) in [5.74, 6) is 0.999. The maximum atomic E-state index is 6.56. The van der Waals surface area contributed by atoms with Crippen molar-refractivity contribution in [2.45, 2.75) is 85.6 Å². The van der Waals surface area contributed by atoms with E-state index in [1.807, 2.05) is 0 Å². The Bertz CT molecular complexity index is 360. The van der Waals surface area contributed by atoms with Gasteiger partial charge in [-0.2, -0.15) is 0 Å². The van der Waals surface area contributed by atoms with Crippen LogP contribution in [0.2, 0.25) is 0 Å². The molecular formula is C18H33N. The summed E-state index contributed by atoms with van der Waals surface area (Å²) >= 11 is 0. The van der Waals surface area contributed by atoms with Crippen molar-refractivity contribution in [1.82, 2.24) is 0 Å². The molecule has 0 heterocycles. The van der Waals surface area contributed by atoms with Gasteiger partial charge < -0.3 is 5.73 Å². The molecule has 4 rings (SSSR count). The highest BCUT2D eigenvalue weighted by Gasteiger charge is 2.60. The lowest BCUT2D eigenvalue weighted by molar-refractivity contribution is -0.151. The topological polar surface area (TPSA) is 26.0 Å². The van der Waals surface area contributed by atoms with Gasteiger partial charge in [0.1, 0.15) is 0 Å². The van der Waals surface area contributed by atoms with Crippen LogP contribution in [0.5, 0.6) is 0 Å². The second kappa shape index (κ2) is 3.78. The maximum Gasteiger partial charge on any atom is 0.00929 e. The van der Waals surface area contributed by atoms with E-state index < -0.39 is 0 Å². The van der Waals surface area contributed by atoms with E-state index in [-0.39, 0.29) is 5.41 Å². The molecule has 1 nitrogen and oxygen atoms in total. The Morgan fingerprint density at radius 1 is 1.00 bits per heavy atom. The Morgan fingerprint density at radius 3 is 1.95 bits per heavy atom. The van der Waals surface area contributed by atoms with Crippen LogP contribution in [0.15, 0.2) is 0 Å². The van der Waals surface area contributed by atoms with Crippen molar-refractivity contribution in [2.24, 2.45) is 33.3 Å². The van der Waals surface area contributed by atoms with E-state index >= 15 is 0 Å². The van der Waals surface area contributed by atoms with E-state index in [1.165, 1.54) is 44.9 Å². The summed E-state index contributed by atoms with van der Waals surface area (Å²) in [6.45, 7) is 12.0. The molecule has 3 atom stereocenters. The summed E-state index contributed by atoms with van der Waals surface area (Å²) in [5.41, 5.74) is 8.65. The standard InChI is InChI=1S/C18H33N/c1-15(2,3)14(19)9-18-8-13-6-16(4,11-18)10-17(5,7-13)12-18/h13-14H,6-12,19H2,1-5H3. The molecule has 4 aliphatic rings. The fourth-order valence-corrected chi connectivity index (χ4v) is 6.68. The van der Waals surface area contributed by atoms with Crippen molar-refractivity contribution in [3.8, 4) is 0 Å². The molecule has 0 amide bonds. The minimum Gasteiger partial charge on any atom is -0.327 e. The van der Waals surface area contributed by atoms with Crippen molar-refractivity contribution < 1.29 is 0 Å². The molecule has 0 saturated heterocycles. The second-order valence-corrected chi connectivity index (χ2v) is 10.3. The molecular weight excluding hydrogens is 230 g/mol. The largest absolute Gasteiger partial charge is 0.327 e. The van der Waals surface area contributed by atoms with E-state index in [2.05, 4.69) is 34.6 Å². The average molecular weight is 263 g/mol. The van der Waals surface area contributed by atoms with Crippen LogP contribution in [0.4, 0.5) is 0 Å². The molecule has 4 bridgehead atoms. The van der Waals surface area contributed by atoms with Crippen LogP contribution < -0.4 is 5.73 Å². The van der Waals surface area contributed by atoms with Gasteiger partial charge in [-0.05, 0) is 72.5 Å². The predicted molar refractivity (Wildman–Crippen MR) is 81.9 cm³/mol. The zero-order chi connectivity index (χ0) is 14.1. The molecule has 0 radical (unpaired) electrons. The second-order valence-electron chi connectivity index (χ2n) is 10.3. The summed E-state index contributed by atoms with van der Waals surface area (Å²) in [6.07, 6.45) is 10.1. The molecule has 110 valence electrons. The summed E-state index contributed by atoms with van der Waals surface area (Å²) in [6, 6.07) is 0.357. The third-order valence-corrected chi connectivity index (χ3v) is 6.51. The van der Waals surface area contributed by atoms with Crippen molar-refractivity contribution >= 4 is 0 Å². The van der Waals surface area contributed by atoms with E-state index in [0.717, 1.165) is 5.92 Å². The normalized spacial score (nSPS) is 50.5. The molecule has 4 saturated carbocycles. The Balaban J connectivity index is 1.85. The van der Waals surface area contributed by atoms with Crippen LogP contribution in [0.25, 0.3) is 0 Å². The lowest BCUT2D eigenvalue weighted by Gasteiger charge is -2.66. The number of hydrogen-bond donors (Lipinski definition) is 1. The maximum absolute atomic E-state index is 6.56. The molecule has 0 aromatic carbocycles. The Labute approximate surface area is 119 Å². The van der Waals surface area contributed by atoms with Gasteiger partial charge in [-0.15, -0.1) is 0 Å². The molecule has 0 aromatic rings. The third kappa shape index (κ3) is 2.37. The van der Waals surface area contributed by atoms with Gasteiger partial charge in [0.25, 0.3) is 0 Å². The minimum absolute atomic E-state index is 0.255. The lowest BCUT2D eigenvalue weighted by Crippen LogP contribution is -2.57. The van der Waals surface area contributed by atoms with E-state index in [9.17, 15) is 0 Å². The summed E-state index contributed by atoms with van der Waals surface area (Å²) in [4.78, 5) is 0. The first-order valence-corrected chi connectivity index (χ1v) is 8.29. The van der Waals surface area contributed by atoms with E-state index in [4.69, 9.17) is 5.73 Å². The number of rotatable bonds is 2. The zero-order valence-corrected chi connectivity index (χ0v) is 13.7. The van der Waals surface area contributed by atoms with Crippen LogP contribution in [0, 0.1) is 27.6 Å². The molecule has 3 unspecified atom stereocenters. The van der Waals surface area contributed by atoms with Gasteiger partial charge in [0.15, 0.2) is 0 Å². The molecule has 0 aromatic heterocycles. The first kappa shape index (κ1) is 13.9. The predicted octanol–water partition coefficient (Wildman–Crippen LogP) is 4.75. The lowest BCUT2D eigenvalue weighted by atomic mass is 9.39. The Hall–Kier alpha value is -0.0400. The van der Waals surface area contributed by atoms with Gasteiger partial charge in [0.2, 0.25) is 0 Å². The average Bonchev–Trinajstić information content (AvgIpc) is 2.07. The van der Waals surface area contributed by atoms with Gasteiger partial charge in [0.05, 0.1) is 0 Å². The van der Waals surface area contributed by atoms with Gasteiger partial charge >= 0.3 is 0 Å². The van der Waals surface area contributed by atoms with E-state index in [1.54, 1.807) is 0 Å². The van der Waals surface area contributed by atoms with Gasteiger partial charge in [-0.3, -0.25) is 0 Å². The van der Waals surface area contributed by atoms with Gasteiger partial charge in [-0.1, -0.05) is 34.6 Å². The smallest absolute Gasteiger partial charge is 0.00929 e. The molecule has 4 aliphatic carbocycles. The van der Waals surface area contributed by atoms with Crippen molar-refractivity contribution in [3.05, 3.63) is 0 Å². The molecule has 1 heteroatoms. The fraction of sp³-hybridized carbons (Fsp3) is 1.00. The van der Waals surface area contributed by atoms with Crippen LogP contribution >= 0.6 is 0 Å². The summed E-state index contributed by atoms with van der Waals surface area (Å²) in [7, 11) is 0. The monoisotopic (exact) mass is 263 g/mol. The zero-order valence-electron chi connectivity index (χ0n) is 13.7. The third-order valence-electron chi connectivity index (χ3n) is 6.51. The highest BCUT2D eigenvalue weighted by Crippen LogP contribution is 2.70. The van der Waals surface area contributed by atoms with Crippen LogP contribution in [0.1, 0.15) is 79.6 Å². The molecule has 0 aliphatic heterocycles. The Kier molecular flexibility index (Phi) is 2.77. The van der Waals surface area contributed by atoms with Crippen LogP contribution in [0.3, 0.4) is 0 Å². The molecule has 0 spiro atoms. The van der Waals surface area contributed by atoms with Crippen LogP contribution in [-0.4, -0.2) is 6.04 Å². The first-order valence-electron chi connectivity index (χ1n) is 8.29. The summed E-state index contributed by atoms with van der Waals surface area (Å²) < 4.78 is 0. The molecule has 2 N–H and O–H groups in total. The number of nitrogens with two attached hydrogens (primary N) is 1. The van der Waals surface area contributed by atoms with Crippen LogP contribution in [-0.2, 0) is 0 Å². The summed E-state index contributed by atoms with van der Waals surface area (Å²) in [5, 5.41) is 0. The van der Waals surface area contributed by atoms with Crippen molar-refractivity contribution in [3.63, 3.8) is 0 Å². The van der Waals surface area contributed by atoms with E-state index in [0.29, 0.717) is 22.3 Å². The quantitative estimate of drug-likeness (QED) is 0.764. The minimum atomic E-state index is 0.255. The number of hydrogen-bond acceptors (Lipinski definition) is 1. The first-order chi connectivity index (χ1) is 8.53. The van der Waals surface area contributed by atoms with Crippen molar-refractivity contribution in [2.75, 3.05) is 0 Å². The highest BCUT2D eigenvalue weighted by molar-refractivity contribution is 5.11. The highest BCUT2D eigenvalue weighted by atomic mass is 14.7. The molecule has 19 heavy (non-hydrogen) atoms. The fourth-order valence-electron chi connectivity index (χ4n) is 6.68.